The summed E-state index contributed by atoms with van der Waals surface area (Å²) in [5.41, 5.74) is 0.847. The molecule has 1 N–H and O–H groups in total. The molecule has 1 unspecified atom stereocenters. The van der Waals surface area contributed by atoms with E-state index in [1.165, 1.54) is 26.4 Å². The second kappa shape index (κ2) is 10.6. The van der Waals surface area contributed by atoms with Crippen LogP contribution in [0, 0.1) is 0 Å². The smallest absolute Gasteiger partial charge is 0.507 e. The topological polar surface area (TPSA) is 85.3 Å². The Morgan fingerprint density at radius 2 is 1.55 bits per heavy atom. The van der Waals surface area contributed by atoms with Crippen molar-refractivity contribution in [3.63, 3.8) is 0 Å². The van der Waals surface area contributed by atoms with Crippen LogP contribution in [0.15, 0.2) is 72.3 Å². The average molecular weight is 556 g/mol. The molecular formula is C30H28F3NO6. The Balaban J connectivity index is 1.96. The second-order valence-electron chi connectivity index (χ2n) is 10.2. The molecule has 0 spiro atoms. The molecule has 1 aliphatic rings. The first-order chi connectivity index (χ1) is 18.7. The van der Waals surface area contributed by atoms with Gasteiger partial charge < -0.3 is 19.3 Å². The predicted octanol–water partition coefficient (Wildman–Crippen LogP) is 6.53. The Bertz CT molecular complexity index is 1470. The summed E-state index contributed by atoms with van der Waals surface area (Å²) in [6, 6.07) is 15.2. The lowest BCUT2D eigenvalue weighted by molar-refractivity contribution is -0.274. The van der Waals surface area contributed by atoms with Gasteiger partial charge in [0.15, 0.2) is 0 Å². The predicted molar refractivity (Wildman–Crippen MR) is 143 cm³/mol. The highest BCUT2D eigenvalue weighted by Gasteiger charge is 2.47. The average Bonchev–Trinajstić information content (AvgIpc) is 3.16. The molecule has 4 rings (SSSR count). The molecule has 0 aromatic heterocycles. The highest BCUT2D eigenvalue weighted by atomic mass is 19.4. The number of alkyl halides is 3. The summed E-state index contributed by atoms with van der Waals surface area (Å²) < 4.78 is 53.5. The van der Waals surface area contributed by atoms with Gasteiger partial charge >= 0.3 is 6.36 Å². The molecule has 0 saturated carbocycles. The number of nitrogens with zero attached hydrogens (tertiary/aromatic N) is 1. The first kappa shape index (κ1) is 28.5. The molecule has 7 nitrogen and oxygen atoms in total. The molecule has 1 saturated heterocycles. The lowest BCUT2D eigenvalue weighted by Gasteiger charge is -2.26. The summed E-state index contributed by atoms with van der Waals surface area (Å²) in [7, 11) is 2.89. The third-order valence-corrected chi connectivity index (χ3v) is 6.53. The van der Waals surface area contributed by atoms with Crippen molar-refractivity contribution in [2.45, 2.75) is 38.6 Å². The highest BCUT2D eigenvalue weighted by molar-refractivity contribution is 6.51. The number of benzene rings is 3. The molecule has 40 heavy (non-hydrogen) atoms. The Hall–Kier alpha value is -4.47. The van der Waals surface area contributed by atoms with E-state index in [4.69, 9.17) is 9.47 Å². The van der Waals surface area contributed by atoms with E-state index >= 15 is 0 Å². The molecule has 3 aromatic carbocycles. The number of aliphatic hydroxyl groups is 1. The zero-order valence-corrected chi connectivity index (χ0v) is 22.5. The fourth-order valence-corrected chi connectivity index (χ4v) is 4.54. The van der Waals surface area contributed by atoms with E-state index in [1.54, 1.807) is 36.4 Å². The van der Waals surface area contributed by atoms with Crippen LogP contribution in [-0.2, 0) is 15.0 Å². The Kier molecular flexibility index (Phi) is 7.56. The first-order valence-electron chi connectivity index (χ1n) is 12.2. The molecule has 1 fully saturated rings. The fraction of sp³-hybridized carbons (Fsp3) is 0.267. The Morgan fingerprint density at radius 1 is 0.875 bits per heavy atom. The maximum atomic E-state index is 13.5. The molecule has 0 aliphatic carbocycles. The lowest BCUT2D eigenvalue weighted by atomic mass is 9.85. The minimum absolute atomic E-state index is 0.0286. The number of Topliss-reactive ketones (excluding diaryl/α,β-unsaturated/α-hetero) is 1. The van der Waals surface area contributed by atoms with Gasteiger partial charge in [0.1, 0.15) is 23.0 Å². The summed E-state index contributed by atoms with van der Waals surface area (Å²) in [5.74, 6) is -2.32. The van der Waals surface area contributed by atoms with Crippen LogP contribution in [0.4, 0.5) is 18.9 Å². The van der Waals surface area contributed by atoms with Crippen LogP contribution in [0.1, 0.15) is 43.5 Å². The molecule has 1 aliphatic heterocycles. The summed E-state index contributed by atoms with van der Waals surface area (Å²) in [6.45, 7) is 5.93. The quantitative estimate of drug-likeness (QED) is 0.212. The van der Waals surface area contributed by atoms with Gasteiger partial charge in [-0.3, -0.25) is 14.5 Å². The molecule has 210 valence electrons. The SMILES string of the molecule is COc1ccc(C2/C(=C(\O)c3cc(C(C)(C)C)ccc3OC)C(=O)C(=O)N2c2cccc(OC(F)(F)F)c2)cc1. The van der Waals surface area contributed by atoms with E-state index in [2.05, 4.69) is 4.74 Å². The fourth-order valence-electron chi connectivity index (χ4n) is 4.54. The number of amides is 1. The van der Waals surface area contributed by atoms with Crippen molar-refractivity contribution in [3.8, 4) is 17.2 Å². The van der Waals surface area contributed by atoms with Gasteiger partial charge in [-0.05, 0) is 52.9 Å². The zero-order chi connectivity index (χ0) is 29.4. The van der Waals surface area contributed by atoms with Crippen molar-refractivity contribution < 1.29 is 42.1 Å². The van der Waals surface area contributed by atoms with Gasteiger partial charge in [0.25, 0.3) is 11.7 Å². The van der Waals surface area contributed by atoms with Crippen LogP contribution < -0.4 is 19.1 Å². The van der Waals surface area contributed by atoms with Crippen LogP contribution >= 0.6 is 0 Å². The number of rotatable bonds is 6. The summed E-state index contributed by atoms with van der Waals surface area (Å²) >= 11 is 0. The number of hydrogen-bond donors (Lipinski definition) is 1. The number of carbonyl (C=O) groups is 2. The largest absolute Gasteiger partial charge is 0.573 e. The molecule has 1 amide bonds. The van der Waals surface area contributed by atoms with E-state index in [1.807, 2.05) is 26.8 Å². The Labute approximate surface area is 229 Å². The molecule has 0 bridgehead atoms. The van der Waals surface area contributed by atoms with E-state index in [0.29, 0.717) is 11.3 Å². The number of anilines is 1. The normalized spacial score (nSPS) is 17.2. The van der Waals surface area contributed by atoms with Crippen LogP contribution in [0.3, 0.4) is 0 Å². The van der Waals surface area contributed by atoms with Crippen LogP contribution in [0.2, 0.25) is 0 Å². The molecule has 1 atom stereocenters. The number of aliphatic hydroxyl groups excluding tert-OH is 1. The molecule has 0 radical (unpaired) electrons. The molecule has 10 heteroatoms. The number of carbonyl (C=O) groups excluding carboxylic acids is 2. The molecule has 1 heterocycles. The van der Waals surface area contributed by atoms with Crippen molar-refractivity contribution >= 4 is 23.1 Å². The van der Waals surface area contributed by atoms with Crippen molar-refractivity contribution in [2.75, 3.05) is 19.1 Å². The molecule has 3 aromatic rings. The van der Waals surface area contributed by atoms with Crippen molar-refractivity contribution in [2.24, 2.45) is 0 Å². The third-order valence-electron chi connectivity index (χ3n) is 6.53. The van der Waals surface area contributed by atoms with Crippen molar-refractivity contribution in [1.29, 1.82) is 0 Å². The van der Waals surface area contributed by atoms with Gasteiger partial charge in [-0.25, -0.2) is 0 Å². The standard InChI is InChI=1S/C30H28F3NO6/c1-29(2,3)18-11-14-23(39-5)22(15-18)26(35)24-25(17-9-12-20(38-4)13-10-17)34(28(37)27(24)36)19-7-6-8-21(16-19)40-30(31,32)33/h6-16,25,35H,1-5H3/b26-24+. The number of methoxy groups -OCH3 is 2. The number of hydrogen-bond acceptors (Lipinski definition) is 6. The number of halogens is 3. The summed E-state index contributed by atoms with van der Waals surface area (Å²) in [4.78, 5) is 28.0. The lowest BCUT2D eigenvalue weighted by Crippen LogP contribution is -2.29. The van der Waals surface area contributed by atoms with Crippen LogP contribution in [0.5, 0.6) is 17.2 Å². The summed E-state index contributed by atoms with van der Waals surface area (Å²) in [6.07, 6.45) is -4.96. The van der Waals surface area contributed by atoms with Gasteiger partial charge in [-0.2, -0.15) is 0 Å². The van der Waals surface area contributed by atoms with E-state index in [9.17, 15) is 27.9 Å². The first-order valence-corrected chi connectivity index (χ1v) is 12.2. The van der Waals surface area contributed by atoms with Gasteiger partial charge in [0, 0.05) is 11.8 Å². The Morgan fingerprint density at radius 3 is 2.12 bits per heavy atom. The van der Waals surface area contributed by atoms with Crippen LogP contribution in [0.25, 0.3) is 5.76 Å². The number of ketones is 1. The maximum Gasteiger partial charge on any atom is 0.573 e. The van der Waals surface area contributed by atoms with Crippen molar-refractivity contribution in [3.05, 3.63) is 89.0 Å². The van der Waals surface area contributed by atoms with Crippen molar-refractivity contribution in [1.82, 2.24) is 0 Å². The highest BCUT2D eigenvalue weighted by Crippen LogP contribution is 2.45. The minimum Gasteiger partial charge on any atom is -0.507 e. The minimum atomic E-state index is -4.96. The van der Waals surface area contributed by atoms with Gasteiger partial charge in [-0.1, -0.05) is 45.0 Å². The molecular weight excluding hydrogens is 527 g/mol. The van der Waals surface area contributed by atoms with Crippen LogP contribution in [-0.4, -0.2) is 37.4 Å². The second-order valence-corrected chi connectivity index (χ2v) is 10.2. The zero-order valence-electron chi connectivity index (χ0n) is 22.5. The summed E-state index contributed by atoms with van der Waals surface area (Å²) in [5, 5.41) is 11.6. The van der Waals surface area contributed by atoms with E-state index in [-0.39, 0.29) is 28.0 Å². The monoisotopic (exact) mass is 555 g/mol. The third kappa shape index (κ3) is 5.61. The van der Waals surface area contributed by atoms with E-state index in [0.717, 1.165) is 22.6 Å². The van der Waals surface area contributed by atoms with Gasteiger partial charge in [0.05, 0.1) is 31.4 Å². The van der Waals surface area contributed by atoms with Gasteiger partial charge in [0.2, 0.25) is 0 Å². The van der Waals surface area contributed by atoms with E-state index < -0.39 is 35.6 Å². The number of ether oxygens (including phenoxy) is 3. The van der Waals surface area contributed by atoms with Gasteiger partial charge in [-0.15, -0.1) is 13.2 Å². The maximum absolute atomic E-state index is 13.5.